The van der Waals surface area contributed by atoms with Gasteiger partial charge in [0.1, 0.15) is 6.54 Å². The third-order valence-electron chi connectivity index (χ3n) is 4.60. The normalized spacial score (nSPS) is 11.2. The van der Waals surface area contributed by atoms with Crippen LogP contribution in [0.1, 0.15) is 90.4 Å². The molecule has 6 nitrogen and oxygen atoms in total. The molecule has 0 aliphatic carbocycles. The highest BCUT2D eigenvalue weighted by atomic mass is 16.5. The molecule has 0 rings (SSSR count). The van der Waals surface area contributed by atoms with Crippen molar-refractivity contribution < 1.29 is 23.9 Å². The summed E-state index contributed by atoms with van der Waals surface area (Å²) < 4.78 is 5.64. The van der Waals surface area contributed by atoms with E-state index in [0.717, 1.165) is 19.4 Å². The number of carbonyl (C=O) groups is 2. The van der Waals surface area contributed by atoms with E-state index in [1.54, 1.807) is 21.1 Å². The number of unbranched alkanes of at least 4 members (excludes halogenated alkanes) is 10. The van der Waals surface area contributed by atoms with Gasteiger partial charge in [-0.15, -0.1) is 0 Å². The van der Waals surface area contributed by atoms with E-state index < -0.39 is 5.97 Å². The fourth-order valence-electron chi connectivity index (χ4n) is 2.96. The maximum absolute atomic E-state index is 11.5. The predicted molar refractivity (Wildman–Crippen MR) is 123 cm³/mol. The highest BCUT2D eigenvalue weighted by molar-refractivity contribution is 5.69. The van der Waals surface area contributed by atoms with Crippen LogP contribution in [0.15, 0.2) is 0 Å². The van der Waals surface area contributed by atoms with Crippen LogP contribution in [-0.4, -0.2) is 76.3 Å². The second kappa shape index (κ2) is 21.1. The SMILES string of the molecule is CCCCCCCCCCCCCC(=O)OCCCN(C)C.C[N+](C)(C)CC(=O)[O-]. The second-order valence-electron chi connectivity index (χ2n) is 9.48. The van der Waals surface area contributed by atoms with Gasteiger partial charge in [0.15, 0.2) is 0 Å². The summed E-state index contributed by atoms with van der Waals surface area (Å²) in [4.78, 5) is 23.5. The Morgan fingerprint density at radius 3 is 1.63 bits per heavy atom. The number of nitrogens with zero attached hydrogens (tertiary/aromatic N) is 2. The van der Waals surface area contributed by atoms with Crippen LogP contribution in [0, 0.1) is 0 Å². The molecule has 0 saturated carbocycles. The number of ether oxygens (including phenoxy) is 1. The monoisotopic (exact) mass is 430 g/mol. The van der Waals surface area contributed by atoms with Crippen LogP contribution in [0.3, 0.4) is 0 Å². The summed E-state index contributed by atoms with van der Waals surface area (Å²) in [5, 5.41) is 9.89. The molecule has 0 saturated heterocycles. The van der Waals surface area contributed by atoms with Crippen molar-refractivity contribution in [1.82, 2.24) is 4.90 Å². The van der Waals surface area contributed by atoms with E-state index in [9.17, 15) is 14.7 Å². The van der Waals surface area contributed by atoms with Gasteiger partial charge in [0.05, 0.1) is 33.7 Å². The van der Waals surface area contributed by atoms with Gasteiger partial charge in [-0.3, -0.25) is 4.79 Å². The Morgan fingerprint density at radius 2 is 1.27 bits per heavy atom. The summed E-state index contributed by atoms with van der Waals surface area (Å²) in [7, 11) is 9.47. The van der Waals surface area contributed by atoms with E-state index in [4.69, 9.17) is 4.74 Å². The van der Waals surface area contributed by atoms with Gasteiger partial charge in [-0.2, -0.15) is 0 Å². The molecule has 30 heavy (non-hydrogen) atoms. The van der Waals surface area contributed by atoms with E-state index in [1.165, 1.54) is 64.2 Å². The van der Waals surface area contributed by atoms with Crippen LogP contribution in [0.5, 0.6) is 0 Å². The number of likely N-dealkylation sites (N-methyl/N-ethyl adjacent to an activating group) is 1. The van der Waals surface area contributed by atoms with Crippen LogP contribution in [0.4, 0.5) is 0 Å². The smallest absolute Gasteiger partial charge is 0.305 e. The Hall–Kier alpha value is -1.14. The number of esters is 1. The lowest BCUT2D eigenvalue weighted by Crippen LogP contribution is -2.45. The average Bonchev–Trinajstić information content (AvgIpc) is 2.61. The first kappa shape index (κ1) is 31.0. The van der Waals surface area contributed by atoms with Crippen molar-refractivity contribution in [2.75, 3.05) is 54.9 Å². The molecule has 0 heterocycles. The van der Waals surface area contributed by atoms with Gasteiger partial charge in [0, 0.05) is 13.0 Å². The molecule has 0 N–H and O–H groups in total. The van der Waals surface area contributed by atoms with Crippen molar-refractivity contribution in [2.45, 2.75) is 90.4 Å². The largest absolute Gasteiger partial charge is 0.544 e. The van der Waals surface area contributed by atoms with Gasteiger partial charge in [-0.1, -0.05) is 71.1 Å². The maximum Gasteiger partial charge on any atom is 0.305 e. The molecular formula is C24H50N2O4. The number of quaternary nitrogens is 1. The van der Waals surface area contributed by atoms with Gasteiger partial charge in [-0.05, 0) is 26.9 Å². The Labute approximate surface area is 186 Å². The minimum absolute atomic E-state index is 0.0188. The van der Waals surface area contributed by atoms with Crippen LogP contribution in [0.25, 0.3) is 0 Å². The molecule has 6 heteroatoms. The topological polar surface area (TPSA) is 69.7 Å². The van der Waals surface area contributed by atoms with E-state index >= 15 is 0 Å². The molecule has 0 bridgehead atoms. The predicted octanol–water partition coefficient (Wildman–Crippen LogP) is 3.62. The first-order valence-electron chi connectivity index (χ1n) is 11.9. The van der Waals surface area contributed by atoms with Crippen molar-refractivity contribution >= 4 is 11.9 Å². The molecule has 0 fully saturated rings. The Bertz CT molecular complexity index is 407. The lowest BCUT2D eigenvalue weighted by atomic mass is 10.1. The number of carbonyl (C=O) groups excluding carboxylic acids is 2. The zero-order valence-corrected chi connectivity index (χ0v) is 20.8. The number of hydrogen-bond donors (Lipinski definition) is 0. The fraction of sp³-hybridized carbons (Fsp3) is 0.917. The molecule has 0 aliphatic rings. The molecular weight excluding hydrogens is 380 g/mol. The average molecular weight is 431 g/mol. The zero-order valence-electron chi connectivity index (χ0n) is 20.8. The fourth-order valence-corrected chi connectivity index (χ4v) is 2.96. The summed E-state index contributed by atoms with van der Waals surface area (Å²) in [5.74, 6) is -1.02. The third kappa shape index (κ3) is 31.6. The molecule has 180 valence electrons. The number of hydrogen-bond acceptors (Lipinski definition) is 5. The first-order chi connectivity index (χ1) is 14.1. The van der Waals surface area contributed by atoms with Gasteiger partial charge in [0.25, 0.3) is 0 Å². The van der Waals surface area contributed by atoms with E-state index in [1.807, 2.05) is 14.1 Å². The Kier molecular flexibility index (Phi) is 21.8. The zero-order chi connectivity index (χ0) is 23.3. The van der Waals surface area contributed by atoms with Gasteiger partial charge in [-0.25, -0.2) is 0 Å². The highest BCUT2D eigenvalue weighted by Gasteiger charge is 2.05. The Balaban J connectivity index is 0. The molecule has 0 aliphatic heterocycles. The highest BCUT2D eigenvalue weighted by Crippen LogP contribution is 2.12. The van der Waals surface area contributed by atoms with Crippen molar-refractivity contribution in [3.63, 3.8) is 0 Å². The minimum atomic E-state index is -1.00. The Morgan fingerprint density at radius 1 is 0.800 bits per heavy atom. The molecule has 0 spiro atoms. The molecule has 0 aromatic rings. The lowest BCUT2D eigenvalue weighted by Gasteiger charge is -2.23. The lowest BCUT2D eigenvalue weighted by molar-refractivity contribution is -0.864. The van der Waals surface area contributed by atoms with E-state index in [-0.39, 0.29) is 12.5 Å². The number of aliphatic carboxylic acids is 1. The van der Waals surface area contributed by atoms with Gasteiger partial charge in [0.2, 0.25) is 0 Å². The van der Waals surface area contributed by atoms with Gasteiger partial charge >= 0.3 is 5.97 Å². The maximum atomic E-state index is 11.5. The molecule has 0 radical (unpaired) electrons. The molecule has 0 aromatic heterocycles. The van der Waals surface area contributed by atoms with Crippen molar-refractivity contribution in [3.05, 3.63) is 0 Å². The van der Waals surface area contributed by atoms with Crippen LogP contribution >= 0.6 is 0 Å². The summed E-state index contributed by atoms with van der Waals surface area (Å²) in [6.07, 6.45) is 16.0. The van der Waals surface area contributed by atoms with Crippen molar-refractivity contribution in [2.24, 2.45) is 0 Å². The number of carboxylic acid groups (broad SMARTS) is 1. The molecule has 0 aromatic carbocycles. The van der Waals surface area contributed by atoms with Crippen LogP contribution in [-0.2, 0) is 14.3 Å². The summed E-state index contributed by atoms with van der Waals surface area (Å²) in [6, 6.07) is 0. The van der Waals surface area contributed by atoms with Crippen LogP contribution in [0.2, 0.25) is 0 Å². The standard InChI is InChI=1S/C19H39NO2.C5H11NO2/c1-4-5-6-7-8-9-10-11-12-13-14-16-19(21)22-18-15-17-20(2)3;1-6(2,3)4-5(7)8/h4-18H2,1-3H3;4H2,1-3H3. The summed E-state index contributed by atoms with van der Waals surface area (Å²) in [6.45, 7) is 3.88. The van der Waals surface area contributed by atoms with Crippen LogP contribution < -0.4 is 5.11 Å². The summed E-state index contributed by atoms with van der Waals surface area (Å²) >= 11 is 0. The van der Waals surface area contributed by atoms with Crippen molar-refractivity contribution in [3.8, 4) is 0 Å². The van der Waals surface area contributed by atoms with E-state index in [2.05, 4.69) is 11.8 Å². The molecule has 0 atom stereocenters. The number of rotatable bonds is 18. The summed E-state index contributed by atoms with van der Waals surface area (Å²) in [5.41, 5.74) is 0. The second-order valence-corrected chi connectivity index (χ2v) is 9.48. The van der Waals surface area contributed by atoms with Gasteiger partial charge < -0.3 is 24.0 Å². The minimum Gasteiger partial charge on any atom is -0.544 e. The third-order valence-corrected chi connectivity index (χ3v) is 4.60. The first-order valence-corrected chi connectivity index (χ1v) is 11.9. The number of carboxylic acids is 1. The quantitative estimate of drug-likeness (QED) is 0.189. The molecule has 0 amide bonds. The molecule has 0 unspecified atom stereocenters. The van der Waals surface area contributed by atoms with E-state index in [0.29, 0.717) is 17.5 Å². The van der Waals surface area contributed by atoms with Crippen molar-refractivity contribution in [1.29, 1.82) is 0 Å².